The highest BCUT2D eigenvalue weighted by atomic mass is 19.1. The Hall–Kier alpha value is -1.91. The van der Waals surface area contributed by atoms with Gasteiger partial charge in [-0.1, -0.05) is 26.7 Å². The van der Waals surface area contributed by atoms with Crippen molar-refractivity contribution in [3.05, 3.63) is 29.6 Å². The molecule has 1 aromatic rings. The molecule has 1 atom stereocenters. The van der Waals surface area contributed by atoms with E-state index in [9.17, 15) is 14.0 Å². The Kier molecular flexibility index (Phi) is 5.48. The Morgan fingerprint density at radius 3 is 2.68 bits per heavy atom. The maximum absolute atomic E-state index is 13.1. The summed E-state index contributed by atoms with van der Waals surface area (Å²) in [7, 11) is 0. The molecule has 5 heteroatoms. The number of nitrogens with one attached hydrogen (secondary N) is 1. The van der Waals surface area contributed by atoms with Gasteiger partial charge >= 0.3 is 5.97 Å². The van der Waals surface area contributed by atoms with Crippen molar-refractivity contribution in [1.29, 1.82) is 0 Å². The maximum atomic E-state index is 13.1. The van der Waals surface area contributed by atoms with Crippen LogP contribution >= 0.6 is 0 Å². The van der Waals surface area contributed by atoms with Crippen molar-refractivity contribution in [3.63, 3.8) is 0 Å². The third-order valence-electron chi connectivity index (χ3n) is 2.91. The van der Waals surface area contributed by atoms with Crippen molar-refractivity contribution >= 4 is 17.6 Å². The second-order valence-corrected chi connectivity index (χ2v) is 4.53. The van der Waals surface area contributed by atoms with Gasteiger partial charge in [-0.3, -0.25) is 4.79 Å². The topological polar surface area (TPSA) is 66.4 Å². The molecule has 1 aromatic carbocycles. The molecule has 0 fully saturated rings. The quantitative estimate of drug-likeness (QED) is 0.831. The summed E-state index contributed by atoms with van der Waals surface area (Å²) in [6.45, 7) is 3.80. The highest BCUT2D eigenvalue weighted by Gasteiger charge is 2.17. The van der Waals surface area contributed by atoms with E-state index in [1.807, 2.05) is 6.92 Å². The fourth-order valence-electron chi connectivity index (χ4n) is 1.70. The van der Waals surface area contributed by atoms with Gasteiger partial charge in [-0.05, 0) is 24.6 Å². The van der Waals surface area contributed by atoms with Gasteiger partial charge in [0, 0.05) is 5.92 Å². The molecule has 0 aliphatic carbocycles. The van der Waals surface area contributed by atoms with Gasteiger partial charge in [0.25, 0.3) is 0 Å². The number of amides is 1. The molecule has 19 heavy (non-hydrogen) atoms. The van der Waals surface area contributed by atoms with Crippen LogP contribution < -0.4 is 5.32 Å². The van der Waals surface area contributed by atoms with E-state index in [0.29, 0.717) is 0 Å². The van der Waals surface area contributed by atoms with Gasteiger partial charge in [-0.15, -0.1) is 0 Å². The van der Waals surface area contributed by atoms with E-state index in [1.165, 1.54) is 0 Å². The van der Waals surface area contributed by atoms with Crippen molar-refractivity contribution in [3.8, 4) is 0 Å². The van der Waals surface area contributed by atoms with Gasteiger partial charge in [0.15, 0.2) is 0 Å². The number of carbonyl (C=O) groups is 2. The molecule has 1 unspecified atom stereocenters. The lowest BCUT2D eigenvalue weighted by molar-refractivity contribution is -0.119. The Morgan fingerprint density at radius 1 is 1.42 bits per heavy atom. The molecular formula is C14H18FNO3. The highest BCUT2D eigenvalue weighted by molar-refractivity contribution is 6.01. The zero-order valence-electron chi connectivity index (χ0n) is 11.1. The number of aromatic carboxylic acids is 1. The van der Waals surface area contributed by atoms with Crippen molar-refractivity contribution < 1.29 is 19.1 Å². The average Bonchev–Trinajstić information content (AvgIpc) is 2.35. The number of hydrogen-bond acceptors (Lipinski definition) is 2. The number of carboxylic acids is 1. The average molecular weight is 267 g/mol. The minimum Gasteiger partial charge on any atom is -0.478 e. The SMILES string of the molecule is CCCCC(C)C(=O)Nc1cc(F)ccc1C(=O)O. The first-order valence-corrected chi connectivity index (χ1v) is 6.29. The van der Waals surface area contributed by atoms with Crippen LogP contribution in [0.4, 0.5) is 10.1 Å². The molecule has 0 saturated heterocycles. The summed E-state index contributed by atoms with van der Waals surface area (Å²) in [4.78, 5) is 22.9. The van der Waals surface area contributed by atoms with E-state index >= 15 is 0 Å². The summed E-state index contributed by atoms with van der Waals surface area (Å²) in [6.07, 6.45) is 2.63. The number of unbranched alkanes of at least 4 members (excludes halogenated alkanes) is 1. The van der Waals surface area contributed by atoms with Gasteiger partial charge in [-0.25, -0.2) is 9.18 Å². The van der Waals surface area contributed by atoms with Gasteiger partial charge in [0.05, 0.1) is 11.3 Å². The van der Waals surface area contributed by atoms with Crippen LogP contribution in [0.3, 0.4) is 0 Å². The number of benzene rings is 1. The number of rotatable bonds is 6. The molecule has 0 saturated carbocycles. The van der Waals surface area contributed by atoms with Crippen molar-refractivity contribution in [1.82, 2.24) is 0 Å². The molecule has 0 aliphatic rings. The van der Waals surface area contributed by atoms with Crippen LogP contribution in [0.25, 0.3) is 0 Å². The minimum atomic E-state index is -1.20. The summed E-state index contributed by atoms with van der Waals surface area (Å²) in [5, 5.41) is 11.5. The van der Waals surface area contributed by atoms with Crippen LogP contribution in [0.1, 0.15) is 43.5 Å². The van der Waals surface area contributed by atoms with E-state index < -0.39 is 11.8 Å². The normalized spacial score (nSPS) is 11.9. The predicted octanol–water partition coefficient (Wildman–Crippen LogP) is 3.29. The number of hydrogen-bond donors (Lipinski definition) is 2. The van der Waals surface area contributed by atoms with Gasteiger partial charge in [-0.2, -0.15) is 0 Å². The van der Waals surface area contributed by atoms with E-state index in [1.54, 1.807) is 6.92 Å². The zero-order valence-corrected chi connectivity index (χ0v) is 11.1. The van der Waals surface area contributed by atoms with Crippen LogP contribution in [0.2, 0.25) is 0 Å². The largest absolute Gasteiger partial charge is 0.478 e. The first-order valence-electron chi connectivity index (χ1n) is 6.29. The number of carbonyl (C=O) groups excluding carboxylic acids is 1. The Morgan fingerprint density at radius 2 is 2.11 bits per heavy atom. The molecule has 2 N–H and O–H groups in total. The second-order valence-electron chi connectivity index (χ2n) is 4.53. The molecule has 0 spiro atoms. The van der Waals surface area contributed by atoms with Crippen LogP contribution in [0, 0.1) is 11.7 Å². The molecule has 0 radical (unpaired) electrons. The number of carboxylic acid groups (broad SMARTS) is 1. The molecule has 0 bridgehead atoms. The summed E-state index contributed by atoms with van der Waals surface area (Å²) >= 11 is 0. The smallest absolute Gasteiger partial charge is 0.337 e. The lowest BCUT2D eigenvalue weighted by Gasteiger charge is -2.13. The number of anilines is 1. The first kappa shape index (κ1) is 15.1. The monoisotopic (exact) mass is 267 g/mol. The first-order chi connectivity index (χ1) is 8.95. The molecule has 0 aromatic heterocycles. The maximum Gasteiger partial charge on any atom is 0.337 e. The summed E-state index contributed by atoms with van der Waals surface area (Å²) < 4.78 is 13.1. The van der Waals surface area contributed by atoms with Crippen LogP contribution in [0.15, 0.2) is 18.2 Å². The summed E-state index contributed by atoms with van der Waals surface area (Å²) in [5.41, 5.74) is -0.113. The van der Waals surface area contributed by atoms with E-state index in [0.717, 1.165) is 37.5 Å². The molecule has 104 valence electrons. The van der Waals surface area contributed by atoms with Crippen LogP contribution in [-0.2, 0) is 4.79 Å². The summed E-state index contributed by atoms with van der Waals surface area (Å²) in [6, 6.07) is 3.22. The van der Waals surface area contributed by atoms with Crippen molar-refractivity contribution in [2.24, 2.45) is 5.92 Å². The third kappa shape index (κ3) is 4.35. The Bertz CT molecular complexity index is 474. The lowest BCUT2D eigenvalue weighted by atomic mass is 10.0. The van der Waals surface area contributed by atoms with Crippen molar-refractivity contribution in [2.45, 2.75) is 33.1 Å². The fraction of sp³-hybridized carbons (Fsp3) is 0.429. The van der Waals surface area contributed by atoms with Gasteiger partial charge in [0.1, 0.15) is 5.82 Å². The van der Waals surface area contributed by atoms with Crippen LogP contribution in [-0.4, -0.2) is 17.0 Å². The van der Waals surface area contributed by atoms with Crippen molar-refractivity contribution in [2.75, 3.05) is 5.32 Å². The lowest BCUT2D eigenvalue weighted by Crippen LogP contribution is -2.21. The van der Waals surface area contributed by atoms with E-state index in [-0.39, 0.29) is 23.1 Å². The standard InChI is InChI=1S/C14H18FNO3/c1-3-4-5-9(2)13(17)16-12-8-10(15)6-7-11(12)14(18)19/h6-9H,3-5H2,1-2H3,(H,16,17)(H,18,19). The Labute approximate surface area is 111 Å². The number of halogens is 1. The Balaban J connectivity index is 2.83. The second kappa shape index (κ2) is 6.87. The van der Waals surface area contributed by atoms with Gasteiger partial charge < -0.3 is 10.4 Å². The van der Waals surface area contributed by atoms with E-state index in [4.69, 9.17) is 5.11 Å². The molecule has 1 amide bonds. The third-order valence-corrected chi connectivity index (χ3v) is 2.91. The van der Waals surface area contributed by atoms with Gasteiger partial charge in [0.2, 0.25) is 5.91 Å². The summed E-state index contributed by atoms with van der Waals surface area (Å²) in [5.74, 6) is -2.30. The van der Waals surface area contributed by atoms with Crippen LogP contribution in [0.5, 0.6) is 0 Å². The molecule has 4 nitrogen and oxygen atoms in total. The molecule has 0 heterocycles. The predicted molar refractivity (Wildman–Crippen MR) is 70.7 cm³/mol. The zero-order chi connectivity index (χ0) is 14.4. The fourth-order valence-corrected chi connectivity index (χ4v) is 1.70. The molecule has 0 aliphatic heterocycles. The highest BCUT2D eigenvalue weighted by Crippen LogP contribution is 2.19. The molecular weight excluding hydrogens is 249 g/mol. The van der Waals surface area contributed by atoms with E-state index in [2.05, 4.69) is 5.32 Å². The molecule has 1 rings (SSSR count). The minimum absolute atomic E-state index is 0.000786.